The number of quaternary nitrogens is 1. The number of hydrogen-bond donors (Lipinski definition) is 0. The van der Waals surface area contributed by atoms with Crippen LogP contribution in [0.15, 0.2) is 12.2 Å². The van der Waals surface area contributed by atoms with Gasteiger partial charge in [-0.05, 0) is 6.08 Å². The van der Waals surface area contributed by atoms with E-state index in [0.29, 0.717) is 5.88 Å². The Balaban J connectivity index is 0.000000963. The van der Waals surface area contributed by atoms with Crippen molar-refractivity contribution in [3.05, 3.63) is 12.2 Å². The zero-order valence-corrected chi connectivity index (χ0v) is 10.9. The quantitative estimate of drug-likeness (QED) is 0.312. The maximum absolute atomic E-state index is 5.66. The monoisotopic (exact) mass is 264 g/mol. The minimum absolute atomic E-state index is 0. The summed E-state index contributed by atoms with van der Waals surface area (Å²) >= 11 is 5.66. The maximum Gasteiger partial charge on any atom is 0.139 e. The summed E-state index contributed by atoms with van der Waals surface area (Å²) in [6, 6.07) is 0. The Hall–Kier alpha value is 0.160. The molecular formula is C10H18Cl2N4. The highest BCUT2D eigenvalue weighted by Crippen LogP contribution is 2.28. The zero-order chi connectivity index (χ0) is 10.3. The average Bonchev–Trinajstić information content (AvgIpc) is 2.15. The molecule has 0 aliphatic carbocycles. The van der Waals surface area contributed by atoms with Gasteiger partial charge in [0, 0.05) is 5.88 Å². The van der Waals surface area contributed by atoms with Gasteiger partial charge in [-0.1, -0.05) is 6.08 Å². The Kier molecular flexibility index (Phi) is 3.79. The third kappa shape index (κ3) is 2.23. The minimum atomic E-state index is 0. The summed E-state index contributed by atoms with van der Waals surface area (Å²) in [6.45, 7) is 8.23. The topological polar surface area (TPSA) is 9.72 Å². The Labute approximate surface area is 108 Å². The SMILES string of the molecule is ClC/C=C\C[N+]12CN3CN(CN(C3)C1)C2.[Cl-]. The molecule has 0 saturated carbocycles. The summed E-state index contributed by atoms with van der Waals surface area (Å²) in [4.78, 5) is 7.60. The van der Waals surface area contributed by atoms with E-state index in [1.54, 1.807) is 0 Å². The van der Waals surface area contributed by atoms with E-state index in [1.165, 1.54) is 24.5 Å². The second kappa shape index (κ2) is 4.80. The van der Waals surface area contributed by atoms with Crippen molar-refractivity contribution in [2.45, 2.75) is 0 Å². The molecule has 0 amide bonds. The van der Waals surface area contributed by atoms with E-state index in [1.807, 2.05) is 0 Å². The highest BCUT2D eigenvalue weighted by Gasteiger charge is 2.47. The van der Waals surface area contributed by atoms with Crippen molar-refractivity contribution < 1.29 is 16.9 Å². The predicted molar refractivity (Wildman–Crippen MR) is 59.7 cm³/mol. The van der Waals surface area contributed by atoms with Crippen molar-refractivity contribution in [2.75, 3.05) is 52.4 Å². The first kappa shape index (κ1) is 12.6. The molecule has 0 aromatic heterocycles. The molecule has 4 aliphatic heterocycles. The van der Waals surface area contributed by atoms with Crippen LogP contribution in [0.1, 0.15) is 0 Å². The molecule has 0 atom stereocenters. The van der Waals surface area contributed by atoms with Gasteiger partial charge < -0.3 is 12.4 Å². The van der Waals surface area contributed by atoms with Gasteiger partial charge in [-0.2, -0.15) is 0 Å². The molecule has 4 heterocycles. The Bertz CT molecular complexity index is 247. The minimum Gasteiger partial charge on any atom is -1.00 e. The van der Waals surface area contributed by atoms with E-state index in [-0.39, 0.29) is 12.4 Å². The highest BCUT2D eigenvalue weighted by atomic mass is 35.5. The molecule has 0 N–H and O–H groups in total. The Morgan fingerprint density at radius 2 is 1.44 bits per heavy atom. The van der Waals surface area contributed by atoms with Crippen LogP contribution in [0.25, 0.3) is 0 Å². The number of allylic oxidation sites excluding steroid dienone is 1. The molecule has 4 rings (SSSR count). The summed E-state index contributed by atoms with van der Waals surface area (Å²) in [7, 11) is 0. The Morgan fingerprint density at radius 3 is 1.88 bits per heavy atom. The fourth-order valence-electron chi connectivity index (χ4n) is 3.19. The van der Waals surface area contributed by atoms with Crippen LogP contribution in [-0.2, 0) is 0 Å². The molecule has 0 unspecified atom stereocenters. The second-order valence-electron chi connectivity index (χ2n) is 5.01. The predicted octanol–water partition coefficient (Wildman–Crippen LogP) is -2.71. The third-order valence-electron chi connectivity index (χ3n) is 3.45. The first-order valence-corrected chi connectivity index (χ1v) is 6.06. The molecule has 0 aromatic carbocycles. The molecule has 4 nitrogen and oxygen atoms in total. The third-order valence-corrected chi connectivity index (χ3v) is 3.63. The molecule has 16 heavy (non-hydrogen) atoms. The lowest BCUT2D eigenvalue weighted by Gasteiger charge is -2.60. The van der Waals surface area contributed by atoms with Crippen LogP contribution >= 0.6 is 11.6 Å². The van der Waals surface area contributed by atoms with Crippen LogP contribution in [-0.4, -0.2) is 71.6 Å². The molecule has 0 radical (unpaired) electrons. The normalized spacial score (nSPS) is 44.9. The lowest BCUT2D eigenvalue weighted by Crippen LogP contribution is -3.00. The molecule has 4 fully saturated rings. The van der Waals surface area contributed by atoms with Gasteiger partial charge in [-0.15, -0.1) is 11.6 Å². The van der Waals surface area contributed by atoms with Gasteiger partial charge in [0.1, 0.15) is 26.6 Å². The summed E-state index contributed by atoms with van der Waals surface area (Å²) in [6.07, 6.45) is 4.31. The van der Waals surface area contributed by atoms with Crippen molar-refractivity contribution in [3.63, 3.8) is 0 Å². The number of hydrogen-bond acceptors (Lipinski definition) is 3. The van der Waals surface area contributed by atoms with E-state index in [2.05, 4.69) is 26.9 Å². The van der Waals surface area contributed by atoms with Crippen LogP contribution in [0.5, 0.6) is 0 Å². The molecule has 4 aliphatic rings. The highest BCUT2D eigenvalue weighted by molar-refractivity contribution is 6.18. The fraction of sp³-hybridized carbons (Fsp3) is 0.800. The summed E-state index contributed by atoms with van der Waals surface area (Å²) < 4.78 is 1.17. The smallest absolute Gasteiger partial charge is 0.139 e. The van der Waals surface area contributed by atoms with Crippen LogP contribution in [0, 0.1) is 0 Å². The van der Waals surface area contributed by atoms with Crippen molar-refractivity contribution in [1.29, 1.82) is 0 Å². The van der Waals surface area contributed by atoms with Crippen LogP contribution < -0.4 is 12.4 Å². The van der Waals surface area contributed by atoms with Gasteiger partial charge in [0.15, 0.2) is 0 Å². The average molecular weight is 265 g/mol. The fourth-order valence-corrected chi connectivity index (χ4v) is 3.32. The van der Waals surface area contributed by atoms with Gasteiger partial charge in [-0.25, -0.2) is 14.7 Å². The lowest BCUT2D eigenvalue weighted by molar-refractivity contribution is -0.975. The first-order chi connectivity index (χ1) is 7.30. The van der Waals surface area contributed by atoms with E-state index in [9.17, 15) is 0 Å². The van der Waals surface area contributed by atoms with Gasteiger partial charge in [0.25, 0.3) is 0 Å². The van der Waals surface area contributed by atoms with E-state index in [4.69, 9.17) is 11.6 Å². The van der Waals surface area contributed by atoms with Crippen molar-refractivity contribution in [1.82, 2.24) is 14.7 Å². The van der Waals surface area contributed by atoms with E-state index >= 15 is 0 Å². The summed E-state index contributed by atoms with van der Waals surface area (Å²) in [5.74, 6) is 0.636. The van der Waals surface area contributed by atoms with Gasteiger partial charge in [0.2, 0.25) is 0 Å². The summed E-state index contributed by atoms with van der Waals surface area (Å²) in [5, 5.41) is 0. The first-order valence-electron chi connectivity index (χ1n) is 5.53. The number of halogens is 2. The summed E-state index contributed by atoms with van der Waals surface area (Å²) in [5.41, 5.74) is 0. The van der Waals surface area contributed by atoms with Crippen molar-refractivity contribution in [3.8, 4) is 0 Å². The zero-order valence-electron chi connectivity index (χ0n) is 9.36. The molecule has 4 bridgehead atoms. The molecule has 6 heteroatoms. The molecular weight excluding hydrogens is 247 g/mol. The maximum atomic E-state index is 5.66. The molecule has 0 aromatic rings. The number of rotatable bonds is 3. The molecule has 4 saturated heterocycles. The van der Waals surface area contributed by atoms with Crippen LogP contribution in [0.4, 0.5) is 0 Å². The van der Waals surface area contributed by atoms with Crippen LogP contribution in [0.2, 0.25) is 0 Å². The van der Waals surface area contributed by atoms with Crippen LogP contribution in [0.3, 0.4) is 0 Å². The van der Waals surface area contributed by atoms with Crippen molar-refractivity contribution in [2.24, 2.45) is 0 Å². The molecule has 92 valence electrons. The standard InChI is InChI=1S/C10H18ClN4.ClH/c11-3-1-2-4-15-8-12-5-13(9-15)7-14(6-12)10-15;/h1-2H,3-10H2;1H/q+1;/p-1/b2-1-;. The molecule has 0 spiro atoms. The lowest BCUT2D eigenvalue weighted by atomic mass is 10.3. The Morgan fingerprint density at radius 1 is 0.938 bits per heavy atom. The van der Waals surface area contributed by atoms with E-state index < -0.39 is 0 Å². The number of nitrogens with zero attached hydrogens (tertiary/aromatic N) is 4. The largest absolute Gasteiger partial charge is 1.00 e. The number of alkyl halides is 1. The second-order valence-corrected chi connectivity index (χ2v) is 5.32. The van der Waals surface area contributed by atoms with Crippen molar-refractivity contribution >= 4 is 11.6 Å². The van der Waals surface area contributed by atoms with Gasteiger partial charge in [-0.3, -0.25) is 4.48 Å². The van der Waals surface area contributed by atoms with E-state index in [0.717, 1.165) is 26.6 Å². The van der Waals surface area contributed by atoms with Gasteiger partial charge >= 0.3 is 0 Å². The van der Waals surface area contributed by atoms with Gasteiger partial charge in [0.05, 0.1) is 20.0 Å².